The molecule has 0 spiro atoms. The zero-order chi connectivity index (χ0) is 15.6. The maximum Gasteiger partial charge on any atom is 0.308 e. The number of carboxylic acid groups (broad SMARTS) is 1. The highest BCUT2D eigenvalue weighted by molar-refractivity contribution is 5.71. The number of carbonyl (C=O) groups is 1. The lowest BCUT2D eigenvalue weighted by Gasteiger charge is -2.46. The summed E-state index contributed by atoms with van der Waals surface area (Å²) < 4.78 is 0. The van der Waals surface area contributed by atoms with E-state index in [0.717, 1.165) is 38.3 Å². The first-order chi connectivity index (χ1) is 9.82. The topological polar surface area (TPSA) is 40.5 Å². The van der Waals surface area contributed by atoms with E-state index in [0.29, 0.717) is 5.92 Å². The van der Waals surface area contributed by atoms with E-state index >= 15 is 0 Å². The molecule has 0 aliphatic heterocycles. The van der Waals surface area contributed by atoms with Crippen molar-refractivity contribution in [2.75, 3.05) is 13.1 Å². The standard InChI is InChI=1S/C18H33NO2/c1-5-19(12-13-7-6-8-13)16-11-14(18(2,3)4)9-10-15(16)17(20)21/h13-16H,5-12H2,1-4H3,(H,20,21). The quantitative estimate of drug-likeness (QED) is 0.832. The Morgan fingerprint density at radius 3 is 2.29 bits per heavy atom. The molecule has 3 nitrogen and oxygen atoms in total. The van der Waals surface area contributed by atoms with E-state index in [2.05, 4.69) is 32.6 Å². The molecule has 0 saturated heterocycles. The summed E-state index contributed by atoms with van der Waals surface area (Å²) in [4.78, 5) is 14.2. The third kappa shape index (κ3) is 4.00. The van der Waals surface area contributed by atoms with Crippen molar-refractivity contribution in [2.45, 2.75) is 72.3 Å². The molecule has 3 unspecified atom stereocenters. The van der Waals surface area contributed by atoms with Gasteiger partial charge in [0.15, 0.2) is 0 Å². The summed E-state index contributed by atoms with van der Waals surface area (Å²) in [7, 11) is 0. The van der Waals surface area contributed by atoms with Gasteiger partial charge in [0, 0.05) is 12.6 Å². The summed E-state index contributed by atoms with van der Waals surface area (Å²) in [6.45, 7) is 11.2. The predicted molar refractivity (Wildman–Crippen MR) is 86.3 cm³/mol. The van der Waals surface area contributed by atoms with Crippen molar-refractivity contribution in [1.82, 2.24) is 4.90 Å². The van der Waals surface area contributed by atoms with Gasteiger partial charge >= 0.3 is 5.97 Å². The summed E-state index contributed by atoms with van der Waals surface area (Å²) in [5.74, 6) is 0.714. The van der Waals surface area contributed by atoms with Crippen LogP contribution >= 0.6 is 0 Å². The minimum atomic E-state index is -0.584. The van der Waals surface area contributed by atoms with Crippen LogP contribution in [0.3, 0.4) is 0 Å². The molecule has 0 radical (unpaired) electrons. The van der Waals surface area contributed by atoms with Crippen LogP contribution in [0.25, 0.3) is 0 Å². The lowest BCUT2D eigenvalue weighted by atomic mass is 9.67. The van der Waals surface area contributed by atoms with Crippen LogP contribution in [0.1, 0.15) is 66.2 Å². The smallest absolute Gasteiger partial charge is 0.308 e. The fourth-order valence-corrected chi connectivity index (χ4v) is 4.13. The summed E-state index contributed by atoms with van der Waals surface area (Å²) in [5, 5.41) is 9.62. The van der Waals surface area contributed by atoms with Crippen LogP contribution in [0.2, 0.25) is 0 Å². The van der Waals surface area contributed by atoms with Crippen molar-refractivity contribution in [2.24, 2.45) is 23.2 Å². The Morgan fingerprint density at radius 2 is 1.86 bits per heavy atom. The molecular formula is C18H33NO2. The Morgan fingerprint density at radius 1 is 1.19 bits per heavy atom. The van der Waals surface area contributed by atoms with Crippen LogP contribution in [0, 0.1) is 23.2 Å². The van der Waals surface area contributed by atoms with Crippen LogP contribution < -0.4 is 0 Å². The summed E-state index contributed by atoms with van der Waals surface area (Å²) in [5.41, 5.74) is 0.289. The van der Waals surface area contributed by atoms with Gasteiger partial charge in [-0.15, -0.1) is 0 Å². The second kappa shape index (κ2) is 6.68. The number of rotatable bonds is 5. The minimum absolute atomic E-state index is 0.163. The van der Waals surface area contributed by atoms with Gasteiger partial charge in [-0.2, -0.15) is 0 Å². The number of nitrogens with zero attached hydrogens (tertiary/aromatic N) is 1. The largest absolute Gasteiger partial charge is 0.481 e. The lowest BCUT2D eigenvalue weighted by molar-refractivity contribution is -0.147. The zero-order valence-electron chi connectivity index (χ0n) is 14.3. The zero-order valence-corrected chi connectivity index (χ0v) is 14.3. The fraction of sp³-hybridized carbons (Fsp3) is 0.944. The average molecular weight is 295 g/mol. The molecule has 2 rings (SSSR count). The molecule has 2 aliphatic carbocycles. The van der Waals surface area contributed by atoms with Gasteiger partial charge in [0.05, 0.1) is 5.92 Å². The van der Waals surface area contributed by atoms with Gasteiger partial charge in [-0.1, -0.05) is 34.1 Å². The van der Waals surface area contributed by atoms with E-state index in [1.807, 2.05) is 0 Å². The summed E-state index contributed by atoms with van der Waals surface area (Å²) in [6, 6.07) is 0.242. The predicted octanol–water partition coefficient (Wildman–Crippen LogP) is 4.02. The van der Waals surface area contributed by atoms with Gasteiger partial charge in [0.2, 0.25) is 0 Å². The second-order valence-corrected chi connectivity index (χ2v) is 8.27. The number of hydrogen-bond acceptors (Lipinski definition) is 2. The van der Waals surface area contributed by atoms with Crippen LogP contribution in [0.5, 0.6) is 0 Å². The van der Waals surface area contributed by atoms with Gasteiger partial charge in [-0.05, 0) is 55.9 Å². The third-order valence-corrected chi connectivity index (χ3v) is 5.95. The molecule has 122 valence electrons. The van der Waals surface area contributed by atoms with E-state index < -0.39 is 5.97 Å². The first kappa shape index (κ1) is 16.8. The highest BCUT2D eigenvalue weighted by Crippen LogP contribution is 2.42. The highest BCUT2D eigenvalue weighted by atomic mass is 16.4. The van der Waals surface area contributed by atoms with Gasteiger partial charge in [-0.25, -0.2) is 0 Å². The summed E-state index contributed by atoms with van der Waals surface area (Å²) in [6.07, 6.45) is 7.01. The SMILES string of the molecule is CCN(CC1CCC1)C1CC(C(C)(C)C)CCC1C(=O)O. The van der Waals surface area contributed by atoms with Crippen molar-refractivity contribution in [3.63, 3.8) is 0 Å². The van der Waals surface area contributed by atoms with E-state index in [9.17, 15) is 9.90 Å². The average Bonchev–Trinajstić information content (AvgIpc) is 2.36. The lowest BCUT2D eigenvalue weighted by Crippen LogP contribution is -2.50. The van der Waals surface area contributed by atoms with Crippen LogP contribution in [-0.4, -0.2) is 35.1 Å². The van der Waals surface area contributed by atoms with Gasteiger partial charge in [-0.3, -0.25) is 9.69 Å². The molecular weight excluding hydrogens is 262 g/mol. The Hall–Kier alpha value is -0.570. The molecule has 0 heterocycles. The van der Waals surface area contributed by atoms with E-state index in [1.54, 1.807) is 0 Å². The summed E-state index contributed by atoms with van der Waals surface area (Å²) >= 11 is 0. The highest BCUT2D eigenvalue weighted by Gasteiger charge is 2.41. The second-order valence-electron chi connectivity index (χ2n) is 8.27. The number of carboxylic acids is 1. The maximum absolute atomic E-state index is 11.7. The molecule has 0 aromatic rings. The van der Waals surface area contributed by atoms with Gasteiger partial charge in [0.25, 0.3) is 0 Å². The fourth-order valence-electron chi connectivity index (χ4n) is 4.13. The molecule has 2 saturated carbocycles. The minimum Gasteiger partial charge on any atom is -0.481 e. The molecule has 2 aliphatic rings. The molecule has 0 bridgehead atoms. The third-order valence-electron chi connectivity index (χ3n) is 5.95. The first-order valence-corrected chi connectivity index (χ1v) is 8.79. The number of aliphatic carboxylic acids is 1. The van der Waals surface area contributed by atoms with Crippen LogP contribution in [0.15, 0.2) is 0 Å². The van der Waals surface area contributed by atoms with Crippen molar-refractivity contribution >= 4 is 5.97 Å². The molecule has 0 amide bonds. The molecule has 0 aromatic heterocycles. The first-order valence-electron chi connectivity index (χ1n) is 8.79. The van der Waals surface area contributed by atoms with Gasteiger partial charge in [0.1, 0.15) is 0 Å². The molecule has 3 atom stereocenters. The Kier molecular flexibility index (Phi) is 5.34. The van der Waals surface area contributed by atoms with Crippen LogP contribution in [0.4, 0.5) is 0 Å². The van der Waals surface area contributed by atoms with E-state index in [-0.39, 0.29) is 17.4 Å². The Balaban J connectivity index is 2.09. The normalized spacial score (nSPS) is 31.2. The van der Waals surface area contributed by atoms with Crippen molar-refractivity contribution in [3.05, 3.63) is 0 Å². The van der Waals surface area contributed by atoms with E-state index in [1.165, 1.54) is 19.3 Å². The Labute approximate surface area is 130 Å². The molecule has 2 fully saturated rings. The van der Waals surface area contributed by atoms with Crippen LogP contribution in [-0.2, 0) is 4.79 Å². The molecule has 0 aromatic carbocycles. The maximum atomic E-state index is 11.7. The van der Waals surface area contributed by atoms with Crippen molar-refractivity contribution < 1.29 is 9.90 Å². The monoisotopic (exact) mass is 295 g/mol. The van der Waals surface area contributed by atoms with Crippen molar-refractivity contribution in [1.29, 1.82) is 0 Å². The van der Waals surface area contributed by atoms with E-state index in [4.69, 9.17) is 0 Å². The number of hydrogen-bond donors (Lipinski definition) is 1. The van der Waals surface area contributed by atoms with Gasteiger partial charge < -0.3 is 5.11 Å². The molecule has 1 N–H and O–H groups in total. The molecule has 3 heteroatoms. The molecule has 21 heavy (non-hydrogen) atoms. The van der Waals surface area contributed by atoms with Crippen molar-refractivity contribution in [3.8, 4) is 0 Å². The Bertz CT molecular complexity index is 357.